The SMILES string of the molecule is CC(C(=O)O)[C@@H]1CCCN(Cc2cc(C(F)(F)F)ccc2C(F)(F)F)[C@H]1c1ccc(C(F)(F)F)cc1. The minimum atomic E-state index is -4.95. The Labute approximate surface area is 200 Å². The summed E-state index contributed by atoms with van der Waals surface area (Å²) in [6.07, 6.45) is -13.8. The lowest BCUT2D eigenvalue weighted by molar-refractivity contribution is -0.145. The molecule has 0 saturated carbocycles. The molecule has 2 aromatic carbocycles. The van der Waals surface area contributed by atoms with Gasteiger partial charge in [0.25, 0.3) is 0 Å². The Morgan fingerprint density at radius 1 is 0.917 bits per heavy atom. The van der Waals surface area contributed by atoms with Gasteiger partial charge in [-0.05, 0) is 66.8 Å². The normalized spacial score (nSPS) is 20.8. The van der Waals surface area contributed by atoms with Gasteiger partial charge in [-0.1, -0.05) is 19.1 Å². The second-order valence-corrected chi connectivity index (χ2v) is 8.84. The molecule has 1 unspecified atom stereocenters. The lowest BCUT2D eigenvalue weighted by Crippen LogP contribution is -2.42. The number of piperidine rings is 1. The monoisotopic (exact) mass is 527 g/mol. The molecule has 3 rings (SSSR count). The molecule has 1 saturated heterocycles. The number of hydrogen-bond donors (Lipinski definition) is 1. The summed E-state index contributed by atoms with van der Waals surface area (Å²) in [5.74, 6) is -2.91. The fourth-order valence-corrected chi connectivity index (χ4v) is 4.71. The fraction of sp³-hybridized carbons (Fsp3) is 0.458. The summed E-state index contributed by atoms with van der Waals surface area (Å²) in [6.45, 7) is 0.897. The van der Waals surface area contributed by atoms with Gasteiger partial charge < -0.3 is 5.11 Å². The number of rotatable bonds is 5. The van der Waals surface area contributed by atoms with Crippen LogP contribution in [0.4, 0.5) is 39.5 Å². The van der Waals surface area contributed by atoms with Gasteiger partial charge in [0.2, 0.25) is 0 Å². The highest BCUT2D eigenvalue weighted by atomic mass is 19.4. The highest BCUT2D eigenvalue weighted by molar-refractivity contribution is 5.70. The number of carbonyl (C=O) groups is 1. The first-order chi connectivity index (χ1) is 16.5. The van der Waals surface area contributed by atoms with Gasteiger partial charge in [-0.15, -0.1) is 0 Å². The van der Waals surface area contributed by atoms with Crippen molar-refractivity contribution in [3.05, 3.63) is 70.3 Å². The summed E-state index contributed by atoms with van der Waals surface area (Å²) >= 11 is 0. The van der Waals surface area contributed by atoms with Crippen LogP contribution in [0.15, 0.2) is 42.5 Å². The van der Waals surface area contributed by atoms with Crippen LogP contribution in [0, 0.1) is 11.8 Å². The smallest absolute Gasteiger partial charge is 0.416 e. The molecule has 1 N–H and O–H groups in total. The summed E-state index contributed by atoms with van der Waals surface area (Å²) in [7, 11) is 0. The highest BCUT2D eigenvalue weighted by Crippen LogP contribution is 2.44. The molecule has 0 radical (unpaired) electrons. The van der Waals surface area contributed by atoms with Crippen LogP contribution in [0.2, 0.25) is 0 Å². The Balaban J connectivity index is 2.09. The topological polar surface area (TPSA) is 40.5 Å². The van der Waals surface area contributed by atoms with Gasteiger partial charge in [-0.25, -0.2) is 0 Å². The third-order valence-electron chi connectivity index (χ3n) is 6.50. The van der Waals surface area contributed by atoms with Crippen LogP contribution >= 0.6 is 0 Å². The van der Waals surface area contributed by atoms with Gasteiger partial charge in [0.1, 0.15) is 0 Å². The number of benzene rings is 2. The molecule has 0 aromatic heterocycles. The summed E-state index contributed by atoms with van der Waals surface area (Å²) in [4.78, 5) is 13.1. The Morgan fingerprint density at radius 2 is 1.47 bits per heavy atom. The Hall–Kier alpha value is -2.76. The van der Waals surface area contributed by atoms with Gasteiger partial charge in [0.15, 0.2) is 0 Å². The Morgan fingerprint density at radius 3 is 1.97 bits per heavy atom. The van der Waals surface area contributed by atoms with Gasteiger partial charge in [-0.2, -0.15) is 39.5 Å². The quantitative estimate of drug-likeness (QED) is 0.412. The maximum atomic E-state index is 13.6. The minimum absolute atomic E-state index is 0.113. The van der Waals surface area contributed by atoms with Crippen LogP contribution in [0.3, 0.4) is 0 Å². The molecule has 1 heterocycles. The van der Waals surface area contributed by atoms with Crippen molar-refractivity contribution in [2.24, 2.45) is 11.8 Å². The predicted octanol–water partition coefficient (Wildman–Crippen LogP) is 7.42. The Kier molecular flexibility index (Phi) is 7.69. The third kappa shape index (κ3) is 6.13. The number of hydrogen-bond acceptors (Lipinski definition) is 2. The van der Waals surface area contributed by atoms with E-state index in [1.165, 1.54) is 11.8 Å². The minimum Gasteiger partial charge on any atom is -0.481 e. The van der Waals surface area contributed by atoms with E-state index < -0.39 is 71.2 Å². The number of alkyl halides is 9. The second-order valence-electron chi connectivity index (χ2n) is 8.84. The molecule has 1 aliphatic heterocycles. The molecule has 3 atom stereocenters. The van der Waals surface area contributed by atoms with E-state index in [1.807, 2.05) is 0 Å². The van der Waals surface area contributed by atoms with Crippen molar-refractivity contribution in [1.82, 2.24) is 4.90 Å². The zero-order chi connectivity index (χ0) is 27.1. The van der Waals surface area contributed by atoms with Crippen LogP contribution in [0.1, 0.15) is 53.6 Å². The molecule has 1 fully saturated rings. The van der Waals surface area contributed by atoms with E-state index in [-0.39, 0.29) is 12.1 Å². The van der Waals surface area contributed by atoms with Crippen molar-refractivity contribution in [3.8, 4) is 0 Å². The Bertz CT molecular complexity index is 1070. The molecule has 0 amide bonds. The van der Waals surface area contributed by atoms with Gasteiger partial charge >= 0.3 is 24.5 Å². The van der Waals surface area contributed by atoms with E-state index in [0.717, 1.165) is 24.3 Å². The predicted molar refractivity (Wildman–Crippen MR) is 111 cm³/mol. The lowest BCUT2D eigenvalue weighted by Gasteiger charge is -2.43. The number of nitrogens with zero attached hydrogens (tertiary/aromatic N) is 1. The molecular formula is C24H22F9NO2. The van der Waals surface area contributed by atoms with E-state index in [2.05, 4.69) is 0 Å². The average Bonchev–Trinajstić information content (AvgIpc) is 2.76. The van der Waals surface area contributed by atoms with Crippen molar-refractivity contribution < 1.29 is 49.4 Å². The van der Waals surface area contributed by atoms with E-state index in [1.54, 1.807) is 0 Å². The maximum Gasteiger partial charge on any atom is 0.416 e. The lowest BCUT2D eigenvalue weighted by atomic mass is 9.77. The number of halogens is 9. The molecule has 2 aromatic rings. The molecule has 0 aliphatic carbocycles. The molecule has 1 aliphatic rings. The van der Waals surface area contributed by atoms with Crippen LogP contribution in [0.5, 0.6) is 0 Å². The average molecular weight is 527 g/mol. The van der Waals surface area contributed by atoms with Gasteiger partial charge in [0.05, 0.1) is 22.6 Å². The van der Waals surface area contributed by atoms with Gasteiger partial charge in [0, 0.05) is 12.6 Å². The first-order valence-corrected chi connectivity index (χ1v) is 10.9. The number of carboxylic acid groups (broad SMARTS) is 1. The first kappa shape index (κ1) is 27.8. The summed E-state index contributed by atoms with van der Waals surface area (Å²) in [5.41, 5.74) is -3.92. The highest BCUT2D eigenvalue weighted by Gasteiger charge is 2.41. The molecule has 3 nitrogen and oxygen atoms in total. The summed E-state index contributed by atoms with van der Waals surface area (Å²) in [5, 5.41) is 9.56. The molecule has 36 heavy (non-hydrogen) atoms. The van der Waals surface area contributed by atoms with Crippen molar-refractivity contribution in [2.75, 3.05) is 6.54 Å². The second kappa shape index (κ2) is 9.95. The van der Waals surface area contributed by atoms with Crippen molar-refractivity contribution in [2.45, 2.75) is 50.9 Å². The van der Waals surface area contributed by atoms with Crippen LogP contribution in [-0.4, -0.2) is 22.5 Å². The number of carboxylic acids is 1. The van der Waals surface area contributed by atoms with Crippen LogP contribution < -0.4 is 0 Å². The van der Waals surface area contributed by atoms with E-state index in [0.29, 0.717) is 31.0 Å². The van der Waals surface area contributed by atoms with Crippen molar-refractivity contribution >= 4 is 5.97 Å². The third-order valence-corrected chi connectivity index (χ3v) is 6.50. The number of aliphatic carboxylic acids is 1. The van der Waals surface area contributed by atoms with Gasteiger partial charge in [-0.3, -0.25) is 9.69 Å². The standard InChI is InChI=1S/C24H22F9NO2/c1-13(21(35)36)18-3-2-10-34(20(18)14-4-6-16(7-5-14)22(25,26)27)12-15-11-17(23(28,29)30)8-9-19(15)24(31,32)33/h4-9,11,13,18,20H,2-3,10,12H2,1H3,(H,35,36)/t13?,18-,20-/m0/s1. The van der Waals surface area contributed by atoms with Crippen LogP contribution in [0.25, 0.3) is 0 Å². The fourth-order valence-electron chi connectivity index (χ4n) is 4.71. The van der Waals surface area contributed by atoms with Crippen LogP contribution in [-0.2, 0) is 29.9 Å². The number of likely N-dealkylation sites (tertiary alicyclic amines) is 1. The zero-order valence-electron chi connectivity index (χ0n) is 18.8. The molecule has 12 heteroatoms. The van der Waals surface area contributed by atoms with Crippen molar-refractivity contribution in [1.29, 1.82) is 0 Å². The molecular weight excluding hydrogens is 505 g/mol. The summed E-state index contributed by atoms with van der Waals surface area (Å²) in [6, 6.07) is 4.01. The molecule has 0 spiro atoms. The maximum absolute atomic E-state index is 13.6. The zero-order valence-corrected chi connectivity index (χ0v) is 18.8. The van der Waals surface area contributed by atoms with Crippen molar-refractivity contribution in [3.63, 3.8) is 0 Å². The molecule has 198 valence electrons. The summed E-state index contributed by atoms with van der Waals surface area (Å²) < 4.78 is 120. The first-order valence-electron chi connectivity index (χ1n) is 10.9. The van der Waals surface area contributed by atoms with E-state index in [4.69, 9.17) is 0 Å². The molecule has 0 bridgehead atoms. The van der Waals surface area contributed by atoms with E-state index in [9.17, 15) is 49.4 Å². The van der Waals surface area contributed by atoms with E-state index >= 15 is 0 Å². The largest absolute Gasteiger partial charge is 0.481 e.